The van der Waals surface area contributed by atoms with Crippen molar-refractivity contribution < 1.29 is 14.5 Å². The maximum absolute atomic E-state index is 13.1. The zero-order valence-electron chi connectivity index (χ0n) is 17.9. The lowest BCUT2D eigenvalue weighted by atomic mass is 9.83. The molecule has 1 amide bonds. The van der Waals surface area contributed by atoms with Crippen LogP contribution in [0.25, 0.3) is 0 Å². The number of hydrogen-bond donors (Lipinski definition) is 1. The zero-order valence-corrected chi connectivity index (χ0v) is 17.9. The highest BCUT2D eigenvalue weighted by molar-refractivity contribution is 5.82. The molecule has 9 heteroatoms. The van der Waals surface area contributed by atoms with Crippen LogP contribution in [-0.2, 0) is 16.0 Å². The molecule has 0 aromatic heterocycles. The number of carbonyl (C=O) groups excluding carboxylic acids is 1. The van der Waals surface area contributed by atoms with Crippen molar-refractivity contribution in [1.29, 1.82) is 5.26 Å². The molecule has 2 atom stereocenters. The molecule has 2 aromatic rings. The number of benzene rings is 2. The highest BCUT2D eigenvalue weighted by Gasteiger charge is 2.42. The number of nitro groups is 1. The molecule has 32 heavy (non-hydrogen) atoms. The van der Waals surface area contributed by atoms with Gasteiger partial charge in [0.15, 0.2) is 0 Å². The fraction of sp³-hybridized carbons (Fsp3) is 0.391. The summed E-state index contributed by atoms with van der Waals surface area (Å²) in [6, 6.07) is 14.5. The molecular formula is C23H25N5O4. The Labute approximate surface area is 186 Å². The van der Waals surface area contributed by atoms with E-state index in [0.29, 0.717) is 44.8 Å². The topological polar surface area (TPSA) is 112 Å². The minimum absolute atomic E-state index is 0.0299. The number of piperazine rings is 1. The number of amides is 1. The molecule has 166 valence electrons. The SMILES string of the molecule is COCCNC(=O)[C@@H]1Cc2cc([N+](=O)[O-])ccc2N2CCN(c3ccccc3C#N)C[C@H]12. The van der Waals surface area contributed by atoms with Crippen LogP contribution in [0, 0.1) is 27.4 Å². The van der Waals surface area contributed by atoms with E-state index in [-0.39, 0.29) is 23.6 Å². The van der Waals surface area contributed by atoms with E-state index < -0.39 is 4.92 Å². The number of carbonyl (C=O) groups is 1. The summed E-state index contributed by atoms with van der Waals surface area (Å²) < 4.78 is 5.05. The number of rotatable bonds is 6. The molecule has 0 saturated carbocycles. The maximum atomic E-state index is 13.1. The summed E-state index contributed by atoms with van der Waals surface area (Å²) in [6.45, 7) is 2.73. The first-order valence-electron chi connectivity index (χ1n) is 10.6. The summed E-state index contributed by atoms with van der Waals surface area (Å²) in [7, 11) is 1.58. The summed E-state index contributed by atoms with van der Waals surface area (Å²) in [5, 5.41) is 23.7. The zero-order chi connectivity index (χ0) is 22.7. The maximum Gasteiger partial charge on any atom is 0.269 e. The van der Waals surface area contributed by atoms with Crippen molar-refractivity contribution in [3.8, 4) is 6.07 Å². The van der Waals surface area contributed by atoms with E-state index in [2.05, 4.69) is 21.2 Å². The molecule has 1 N–H and O–H groups in total. The Morgan fingerprint density at radius 2 is 2.09 bits per heavy atom. The molecule has 2 aliphatic rings. The van der Waals surface area contributed by atoms with E-state index in [0.717, 1.165) is 16.9 Å². The number of nitrogens with zero attached hydrogens (tertiary/aromatic N) is 4. The summed E-state index contributed by atoms with van der Waals surface area (Å²) in [4.78, 5) is 28.4. The van der Waals surface area contributed by atoms with Gasteiger partial charge in [0.2, 0.25) is 5.91 Å². The van der Waals surface area contributed by atoms with E-state index in [9.17, 15) is 20.2 Å². The monoisotopic (exact) mass is 435 g/mol. The number of methoxy groups -OCH3 is 1. The minimum Gasteiger partial charge on any atom is -0.383 e. The second-order valence-corrected chi connectivity index (χ2v) is 8.00. The molecule has 1 saturated heterocycles. The van der Waals surface area contributed by atoms with E-state index in [1.54, 1.807) is 25.3 Å². The lowest BCUT2D eigenvalue weighted by Gasteiger charge is -2.49. The predicted molar refractivity (Wildman–Crippen MR) is 120 cm³/mol. The number of fused-ring (bicyclic) bond motifs is 3. The number of ether oxygens (including phenoxy) is 1. The third-order valence-corrected chi connectivity index (χ3v) is 6.21. The third kappa shape index (κ3) is 4.09. The number of anilines is 2. The van der Waals surface area contributed by atoms with Crippen molar-refractivity contribution >= 4 is 23.0 Å². The molecule has 2 aliphatic heterocycles. The van der Waals surface area contributed by atoms with Crippen LogP contribution in [0.3, 0.4) is 0 Å². The smallest absolute Gasteiger partial charge is 0.269 e. The van der Waals surface area contributed by atoms with E-state index >= 15 is 0 Å². The van der Waals surface area contributed by atoms with Crippen molar-refractivity contribution in [1.82, 2.24) is 5.32 Å². The van der Waals surface area contributed by atoms with Gasteiger partial charge >= 0.3 is 0 Å². The van der Waals surface area contributed by atoms with Crippen LogP contribution in [0.5, 0.6) is 0 Å². The molecule has 4 rings (SSSR count). The molecule has 0 spiro atoms. The van der Waals surface area contributed by atoms with Crippen molar-refractivity contribution in [2.75, 3.05) is 49.7 Å². The normalized spacial score (nSPS) is 19.5. The van der Waals surface area contributed by atoms with Gasteiger partial charge in [-0.1, -0.05) is 12.1 Å². The minimum atomic E-state index is -0.406. The Morgan fingerprint density at radius 1 is 1.28 bits per heavy atom. The number of hydrogen-bond acceptors (Lipinski definition) is 7. The molecular weight excluding hydrogens is 410 g/mol. The van der Waals surface area contributed by atoms with Gasteiger partial charge in [0.1, 0.15) is 6.07 Å². The Bertz CT molecular complexity index is 1070. The molecule has 1 fully saturated rings. The quantitative estimate of drug-likeness (QED) is 0.420. The second kappa shape index (κ2) is 9.24. The fourth-order valence-corrected chi connectivity index (χ4v) is 4.69. The molecule has 2 heterocycles. The Kier molecular flexibility index (Phi) is 6.23. The van der Waals surface area contributed by atoms with Gasteiger partial charge in [-0.25, -0.2) is 0 Å². The summed E-state index contributed by atoms with van der Waals surface area (Å²) >= 11 is 0. The van der Waals surface area contributed by atoms with Crippen molar-refractivity contribution in [2.24, 2.45) is 5.92 Å². The summed E-state index contributed by atoms with van der Waals surface area (Å²) in [6.07, 6.45) is 0.421. The molecule has 2 aromatic carbocycles. The van der Waals surface area contributed by atoms with Crippen LogP contribution in [0.2, 0.25) is 0 Å². The second-order valence-electron chi connectivity index (χ2n) is 8.00. The first-order chi connectivity index (χ1) is 15.5. The molecule has 0 aliphatic carbocycles. The van der Waals surface area contributed by atoms with Crippen LogP contribution in [-0.4, -0.2) is 56.8 Å². The number of nitriles is 1. The van der Waals surface area contributed by atoms with Gasteiger partial charge in [-0.05, 0) is 30.2 Å². The Hall–Kier alpha value is -3.64. The van der Waals surface area contributed by atoms with Crippen LogP contribution in [0.15, 0.2) is 42.5 Å². The van der Waals surface area contributed by atoms with Gasteiger partial charge in [0.05, 0.1) is 34.7 Å². The van der Waals surface area contributed by atoms with E-state index in [1.807, 2.05) is 18.2 Å². The molecule has 0 bridgehead atoms. The third-order valence-electron chi connectivity index (χ3n) is 6.21. The summed E-state index contributed by atoms with van der Waals surface area (Å²) in [5.74, 6) is -0.469. The first-order valence-corrected chi connectivity index (χ1v) is 10.6. The van der Waals surface area contributed by atoms with Crippen LogP contribution >= 0.6 is 0 Å². The summed E-state index contributed by atoms with van der Waals surface area (Å²) in [5.41, 5.74) is 3.25. The fourth-order valence-electron chi connectivity index (χ4n) is 4.69. The largest absolute Gasteiger partial charge is 0.383 e. The van der Waals surface area contributed by atoms with Crippen LogP contribution in [0.1, 0.15) is 11.1 Å². The highest BCUT2D eigenvalue weighted by Crippen LogP contribution is 2.39. The molecule has 0 radical (unpaired) electrons. The highest BCUT2D eigenvalue weighted by atomic mass is 16.6. The first kappa shape index (κ1) is 21.6. The van der Waals surface area contributed by atoms with Gasteiger partial charge in [-0.15, -0.1) is 0 Å². The Balaban J connectivity index is 1.67. The average molecular weight is 435 g/mol. The predicted octanol–water partition coefficient (Wildman–Crippen LogP) is 2.10. The van der Waals surface area contributed by atoms with E-state index in [4.69, 9.17) is 4.74 Å². The number of nitrogens with one attached hydrogen (secondary N) is 1. The van der Waals surface area contributed by atoms with Crippen molar-refractivity contribution in [3.05, 3.63) is 63.7 Å². The van der Waals surface area contributed by atoms with Gasteiger partial charge in [-0.3, -0.25) is 14.9 Å². The standard InChI is InChI=1S/C23H25N5O4/c1-32-11-8-25-23(29)19-13-17-12-18(28(30)31)6-7-21(17)27-10-9-26(15-22(19)27)20-5-3-2-4-16(20)14-24/h2-7,12,19,22H,8-11,13,15H2,1H3,(H,25,29)/t19-,22-/m1/s1. The van der Waals surface area contributed by atoms with Crippen LogP contribution < -0.4 is 15.1 Å². The average Bonchev–Trinajstić information content (AvgIpc) is 2.82. The van der Waals surface area contributed by atoms with Crippen molar-refractivity contribution in [3.63, 3.8) is 0 Å². The van der Waals surface area contributed by atoms with E-state index in [1.165, 1.54) is 6.07 Å². The Morgan fingerprint density at radius 3 is 2.84 bits per heavy atom. The molecule has 0 unspecified atom stereocenters. The van der Waals surface area contributed by atoms with Gasteiger partial charge in [-0.2, -0.15) is 5.26 Å². The van der Waals surface area contributed by atoms with Crippen molar-refractivity contribution in [2.45, 2.75) is 12.5 Å². The van der Waals surface area contributed by atoms with Crippen LogP contribution in [0.4, 0.5) is 17.1 Å². The van der Waals surface area contributed by atoms with Gasteiger partial charge in [0, 0.05) is 51.1 Å². The van der Waals surface area contributed by atoms with Gasteiger partial charge < -0.3 is 19.9 Å². The number of nitro benzene ring substituents is 1. The number of non-ortho nitro benzene ring substituents is 1. The van der Waals surface area contributed by atoms with Gasteiger partial charge in [0.25, 0.3) is 5.69 Å². The number of para-hydroxylation sites is 1. The molecule has 9 nitrogen and oxygen atoms in total. The lowest BCUT2D eigenvalue weighted by Crippen LogP contribution is -2.61. The lowest BCUT2D eigenvalue weighted by molar-refractivity contribution is -0.384.